The standard InChI is InChI=1S/C20H19F3O3S/c1-27(25,26)17-6-5-12(14-9-16(23)20(24)19(14)17)13-4-2-3-10-7-11(21)8-15(22)18(10)13/h5-8,13,16,20,24H,2-4,9H2,1H3. The summed E-state index contributed by atoms with van der Waals surface area (Å²) in [4.78, 5) is -0.0930. The average Bonchev–Trinajstić information content (AvgIpc) is 2.87. The molecule has 0 saturated carbocycles. The summed E-state index contributed by atoms with van der Waals surface area (Å²) in [6.45, 7) is 0. The predicted octanol–water partition coefficient (Wildman–Crippen LogP) is 3.76. The molecule has 0 aliphatic heterocycles. The molecule has 2 aliphatic rings. The van der Waals surface area contributed by atoms with E-state index in [0.29, 0.717) is 41.5 Å². The summed E-state index contributed by atoms with van der Waals surface area (Å²) < 4.78 is 66.6. The number of hydrogen-bond acceptors (Lipinski definition) is 3. The van der Waals surface area contributed by atoms with E-state index >= 15 is 0 Å². The van der Waals surface area contributed by atoms with Gasteiger partial charge >= 0.3 is 0 Å². The van der Waals surface area contributed by atoms with Crippen LogP contribution >= 0.6 is 0 Å². The predicted molar refractivity (Wildman–Crippen MR) is 94.3 cm³/mol. The lowest BCUT2D eigenvalue weighted by molar-refractivity contribution is 0.0907. The normalized spacial score (nSPS) is 24.6. The molecule has 0 saturated heterocycles. The van der Waals surface area contributed by atoms with Crippen molar-refractivity contribution in [2.24, 2.45) is 0 Å². The molecule has 0 fully saturated rings. The summed E-state index contributed by atoms with van der Waals surface area (Å²) in [5.74, 6) is -1.70. The van der Waals surface area contributed by atoms with Crippen LogP contribution in [0.5, 0.6) is 0 Å². The average molecular weight is 396 g/mol. The van der Waals surface area contributed by atoms with E-state index in [2.05, 4.69) is 0 Å². The Balaban J connectivity index is 1.94. The molecule has 1 N–H and O–H groups in total. The Morgan fingerprint density at radius 2 is 1.89 bits per heavy atom. The number of benzene rings is 2. The van der Waals surface area contributed by atoms with Gasteiger partial charge in [-0.25, -0.2) is 21.6 Å². The van der Waals surface area contributed by atoms with Gasteiger partial charge in [0.2, 0.25) is 0 Å². The van der Waals surface area contributed by atoms with Crippen molar-refractivity contribution < 1.29 is 26.7 Å². The van der Waals surface area contributed by atoms with Gasteiger partial charge < -0.3 is 5.11 Å². The van der Waals surface area contributed by atoms with E-state index in [1.807, 2.05) is 0 Å². The fourth-order valence-electron chi connectivity index (χ4n) is 4.54. The molecule has 3 atom stereocenters. The van der Waals surface area contributed by atoms with Crippen molar-refractivity contribution in [1.82, 2.24) is 0 Å². The molecule has 3 unspecified atom stereocenters. The van der Waals surface area contributed by atoms with Crippen LogP contribution in [0.15, 0.2) is 29.2 Å². The van der Waals surface area contributed by atoms with Gasteiger partial charge in [-0.2, -0.15) is 0 Å². The lowest BCUT2D eigenvalue weighted by Gasteiger charge is -2.28. The fraction of sp³-hybridized carbons (Fsp3) is 0.400. The molecule has 3 nitrogen and oxygen atoms in total. The number of alkyl halides is 1. The highest BCUT2D eigenvalue weighted by molar-refractivity contribution is 7.90. The van der Waals surface area contributed by atoms with E-state index < -0.39 is 39.7 Å². The minimum Gasteiger partial charge on any atom is -0.385 e. The molecule has 144 valence electrons. The van der Waals surface area contributed by atoms with Gasteiger partial charge in [-0.05, 0) is 53.6 Å². The van der Waals surface area contributed by atoms with Gasteiger partial charge in [-0.15, -0.1) is 0 Å². The molecule has 0 radical (unpaired) electrons. The van der Waals surface area contributed by atoms with Gasteiger partial charge in [0, 0.05) is 30.2 Å². The lowest BCUT2D eigenvalue weighted by atomic mass is 9.76. The summed E-state index contributed by atoms with van der Waals surface area (Å²) in [7, 11) is -3.66. The van der Waals surface area contributed by atoms with E-state index in [1.165, 1.54) is 12.1 Å². The molecular weight excluding hydrogens is 377 g/mol. The Hall–Kier alpha value is -1.86. The van der Waals surface area contributed by atoms with Crippen LogP contribution in [0.3, 0.4) is 0 Å². The first-order valence-electron chi connectivity index (χ1n) is 8.84. The van der Waals surface area contributed by atoms with Gasteiger partial charge in [0.05, 0.1) is 4.90 Å². The Morgan fingerprint density at radius 1 is 1.15 bits per heavy atom. The number of hydrogen-bond donors (Lipinski definition) is 1. The molecular formula is C20H19F3O3S. The van der Waals surface area contributed by atoms with E-state index in [1.54, 1.807) is 6.07 Å². The zero-order valence-electron chi connectivity index (χ0n) is 14.7. The number of aliphatic hydroxyl groups excluding tert-OH is 1. The van der Waals surface area contributed by atoms with Gasteiger partial charge in [0.25, 0.3) is 0 Å². The molecule has 0 amide bonds. The van der Waals surface area contributed by atoms with Gasteiger partial charge in [0.15, 0.2) is 9.84 Å². The first kappa shape index (κ1) is 18.5. The maximum Gasteiger partial charge on any atom is 0.175 e. The Bertz CT molecular complexity index is 1030. The van der Waals surface area contributed by atoms with Crippen molar-refractivity contribution in [2.75, 3.05) is 6.26 Å². The number of halogens is 3. The zero-order chi connectivity index (χ0) is 19.5. The summed E-state index contributed by atoms with van der Waals surface area (Å²) in [6.07, 6.45) is -0.382. The monoisotopic (exact) mass is 396 g/mol. The molecule has 0 aromatic heterocycles. The van der Waals surface area contributed by atoms with Crippen molar-refractivity contribution in [3.63, 3.8) is 0 Å². The number of aryl methyl sites for hydroxylation is 1. The molecule has 2 aromatic carbocycles. The minimum atomic E-state index is -3.66. The molecule has 0 heterocycles. The Kier molecular flexibility index (Phi) is 4.35. The highest BCUT2D eigenvalue weighted by Crippen LogP contribution is 2.46. The van der Waals surface area contributed by atoms with Crippen molar-refractivity contribution in [2.45, 2.75) is 48.8 Å². The van der Waals surface area contributed by atoms with Crippen molar-refractivity contribution in [3.05, 3.63) is 63.7 Å². The molecule has 2 aliphatic carbocycles. The molecule has 2 aromatic rings. The van der Waals surface area contributed by atoms with Crippen LogP contribution in [0.25, 0.3) is 0 Å². The van der Waals surface area contributed by atoms with E-state index in [0.717, 1.165) is 12.3 Å². The van der Waals surface area contributed by atoms with Gasteiger partial charge in [-0.1, -0.05) is 6.07 Å². The molecule has 7 heteroatoms. The van der Waals surface area contributed by atoms with Crippen LogP contribution in [0.2, 0.25) is 0 Å². The molecule has 27 heavy (non-hydrogen) atoms. The second-order valence-corrected chi connectivity index (χ2v) is 9.37. The number of fused-ring (bicyclic) bond motifs is 2. The Labute approximate surface area is 155 Å². The third kappa shape index (κ3) is 2.97. The van der Waals surface area contributed by atoms with Gasteiger partial charge in [-0.3, -0.25) is 0 Å². The summed E-state index contributed by atoms with van der Waals surface area (Å²) in [5.41, 5.74) is 2.09. The first-order chi connectivity index (χ1) is 12.7. The first-order valence-corrected chi connectivity index (χ1v) is 10.7. The largest absolute Gasteiger partial charge is 0.385 e. The van der Waals surface area contributed by atoms with E-state index in [9.17, 15) is 26.7 Å². The maximum atomic E-state index is 14.6. The van der Waals surface area contributed by atoms with Crippen LogP contribution in [0.4, 0.5) is 13.2 Å². The van der Waals surface area contributed by atoms with E-state index in [-0.39, 0.29) is 16.9 Å². The highest BCUT2D eigenvalue weighted by Gasteiger charge is 2.39. The third-order valence-electron chi connectivity index (χ3n) is 5.63. The fourth-order valence-corrected chi connectivity index (χ4v) is 5.50. The summed E-state index contributed by atoms with van der Waals surface area (Å²) in [5, 5.41) is 10.2. The quantitative estimate of drug-likeness (QED) is 0.841. The van der Waals surface area contributed by atoms with Crippen LogP contribution in [0.1, 0.15) is 52.7 Å². The van der Waals surface area contributed by atoms with Crippen LogP contribution in [0, 0.1) is 11.6 Å². The van der Waals surface area contributed by atoms with Crippen LogP contribution in [-0.4, -0.2) is 26.0 Å². The van der Waals surface area contributed by atoms with Crippen molar-refractivity contribution >= 4 is 9.84 Å². The van der Waals surface area contributed by atoms with E-state index in [4.69, 9.17) is 0 Å². The van der Waals surface area contributed by atoms with Crippen molar-refractivity contribution in [3.8, 4) is 0 Å². The smallest absolute Gasteiger partial charge is 0.175 e. The Morgan fingerprint density at radius 3 is 2.59 bits per heavy atom. The van der Waals surface area contributed by atoms with Gasteiger partial charge in [0.1, 0.15) is 23.9 Å². The second-order valence-electron chi connectivity index (χ2n) is 7.39. The molecule has 4 rings (SSSR count). The zero-order valence-corrected chi connectivity index (χ0v) is 15.5. The van der Waals surface area contributed by atoms with Crippen LogP contribution in [-0.2, 0) is 22.7 Å². The molecule has 0 bridgehead atoms. The number of sulfone groups is 1. The van der Waals surface area contributed by atoms with Crippen molar-refractivity contribution in [1.29, 1.82) is 0 Å². The summed E-state index contributed by atoms with van der Waals surface area (Å²) >= 11 is 0. The summed E-state index contributed by atoms with van der Waals surface area (Å²) in [6, 6.07) is 5.11. The third-order valence-corrected chi connectivity index (χ3v) is 6.79. The number of rotatable bonds is 2. The minimum absolute atomic E-state index is 0.0807. The maximum absolute atomic E-state index is 14.6. The topological polar surface area (TPSA) is 54.4 Å². The SMILES string of the molecule is CS(=O)(=O)c1ccc(C2CCCc3cc(F)cc(F)c32)c2c1C(O)C(F)C2. The molecule has 0 spiro atoms. The number of aliphatic hydroxyl groups is 1. The van der Waals surface area contributed by atoms with Crippen LogP contribution < -0.4 is 0 Å². The highest BCUT2D eigenvalue weighted by atomic mass is 32.2. The second kappa shape index (κ2) is 6.34. The lowest BCUT2D eigenvalue weighted by Crippen LogP contribution is -2.16.